The molecule has 9 heteroatoms. The van der Waals surface area contributed by atoms with Crippen LogP contribution in [0.4, 0.5) is 8.78 Å². The highest BCUT2D eigenvalue weighted by atomic mass is 19.1. The molecule has 2 atom stereocenters. The molecule has 1 aliphatic rings. The molecule has 1 aromatic carbocycles. The van der Waals surface area contributed by atoms with Crippen molar-refractivity contribution in [3.05, 3.63) is 94.3 Å². The van der Waals surface area contributed by atoms with Crippen LogP contribution in [0.1, 0.15) is 23.1 Å². The van der Waals surface area contributed by atoms with E-state index >= 15 is 0 Å². The molecule has 3 aromatic heterocycles. The van der Waals surface area contributed by atoms with Crippen LogP contribution < -0.4 is 5.43 Å². The molecular formula is C21H15F2N5O2. The minimum atomic E-state index is -0.623. The topological polar surface area (TPSA) is 85.8 Å². The second-order valence-electron chi connectivity index (χ2n) is 7.09. The predicted octanol–water partition coefficient (Wildman–Crippen LogP) is 2.87. The van der Waals surface area contributed by atoms with Gasteiger partial charge in [-0.05, 0) is 29.3 Å². The van der Waals surface area contributed by atoms with Crippen molar-refractivity contribution in [2.75, 3.05) is 0 Å². The van der Waals surface area contributed by atoms with Gasteiger partial charge in [0.1, 0.15) is 17.3 Å². The molecule has 4 heterocycles. The number of hydrogen-bond donors (Lipinski definition) is 1. The van der Waals surface area contributed by atoms with Gasteiger partial charge in [0.2, 0.25) is 5.43 Å². The van der Waals surface area contributed by atoms with Crippen LogP contribution in [0.15, 0.2) is 66.1 Å². The molecular weight excluding hydrogens is 392 g/mol. The third kappa shape index (κ3) is 2.86. The van der Waals surface area contributed by atoms with Crippen molar-refractivity contribution in [2.24, 2.45) is 0 Å². The van der Waals surface area contributed by atoms with E-state index < -0.39 is 34.8 Å². The molecule has 0 unspecified atom stereocenters. The summed E-state index contributed by atoms with van der Waals surface area (Å²) in [6.07, 6.45) is 6.98. The molecule has 0 fully saturated rings. The number of aromatic hydroxyl groups is 1. The van der Waals surface area contributed by atoms with Gasteiger partial charge < -0.3 is 9.67 Å². The Morgan fingerprint density at radius 3 is 2.63 bits per heavy atom. The Morgan fingerprint density at radius 2 is 1.87 bits per heavy atom. The van der Waals surface area contributed by atoms with Crippen LogP contribution in [0.2, 0.25) is 0 Å². The monoisotopic (exact) mass is 407 g/mol. The number of rotatable bonds is 3. The first-order chi connectivity index (χ1) is 14.5. The van der Waals surface area contributed by atoms with Gasteiger partial charge in [-0.3, -0.25) is 14.5 Å². The summed E-state index contributed by atoms with van der Waals surface area (Å²) in [5.41, 5.74) is 0.826. The zero-order chi connectivity index (χ0) is 20.8. The lowest BCUT2D eigenvalue weighted by atomic mass is 9.84. The standard InChI is InChI=1S/C21H15F2N5O2/c22-14-3-1-12(2-4-14)18(13-7-15(23)9-24-8-13)16-11-27-6-5-25-21(27)19-20(30)17(29)10-26-28(16)19/h1-10,16,18,30H,11H2/t16-,18-/m1/s1. The summed E-state index contributed by atoms with van der Waals surface area (Å²) in [7, 11) is 0. The van der Waals surface area contributed by atoms with Gasteiger partial charge in [-0.15, -0.1) is 0 Å². The first-order valence-corrected chi connectivity index (χ1v) is 9.21. The third-order valence-corrected chi connectivity index (χ3v) is 5.31. The number of hydrogen-bond acceptors (Lipinski definition) is 5. The number of benzene rings is 1. The van der Waals surface area contributed by atoms with E-state index in [0.29, 0.717) is 23.5 Å². The van der Waals surface area contributed by atoms with Gasteiger partial charge in [-0.2, -0.15) is 5.10 Å². The molecule has 5 rings (SSSR count). The number of pyridine rings is 1. The normalized spacial score (nSPS) is 16.0. The minimum Gasteiger partial charge on any atom is -0.503 e. The Morgan fingerprint density at radius 1 is 1.07 bits per heavy atom. The van der Waals surface area contributed by atoms with Gasteiger partial charge in [-0.1, -0.05) is 12.1 Å². The van der Waals surface area contributed by atoms with Crippen molar-refractivity contribution < 1.29 is 13.9 Å². The maximum atomic E-state index is 14.0. The van der Waals surface area contributed by atoms with E-state index in [2.05, 4.69) is 15.1 Å². The Hall–Kier alpha value is -3.88. The van der Waals surface area contributed by atoms with Gasteiger partial charge in [0, 0.05) is 31.1 Å². The lowest BCUT2D eigenvalue weighted by Gasteiger charge is -2.34. The fraction of sp³-hybridized carbons (Fsp3) is 0.143. The minimum absolute atomic E-state index is 0.181. The zero-order valence-corrected chi connectivity index (χ0v) is 15.5. The molecule has 30 heavy (non-hydrogen) atoms. The van der Waals surface area contributed by atoms with Crippen molar-refractivity contribution >= 4 is 0 Å². The van der Waals surface area contributed by atoms with E-state index in [1.165, 1.54) is 22.9 Å². The highest BCUT2D eigenvalue weighted by molar-refractivity contribution is 5.60. The molecule has 4 aromatic rings. The molecule has 0 amide bonds. The summed E-state index contributed by atoms with van der Waals surface area (Å²) in [5, 5.41) is 14.7. The molecule has 1 aliphatic heterocycles. The van der Waals surface area contributed by atoms with Crippen molar-refractivity contribution in [3.8, 4) is 17.3 Å². The summed E-state index contributed by atoms with van der Waals surface area (Å²) in [4.78, 5) is 20.3. The van der Waals surface area contributed by atoms with Crippen molar-refractivity contribution in [2.45, 2.75) is 18.5 Å². The SMILES string of the molecule is O=c1cnn2c(c1O)-c1nccn1C[C@@H]2[C@H](c1ccc(F)cc1)c1cncc(F)c1. The summed E-state index contributed by atoms with van der Waals surface area (Å²) >= 11 is 0. The molecule has 0 saturated heterocycles. The number of halogens is 2. The molecule has 0 bridgehead atoms. The van der Waals surface area contributed by atoms with Gasteiger partial charge >= 0.3 is 0 Å². The average molecular weight is 407 g/mol. The van der Waals surface area contributed by atoms with Crippen LogP contribution in [0.25, 0.3) is 11.5 Å². The highest BCUT2D eigenvalue weighted by Crippen LogP contribution is 2.42. The molecule has 0 saturated carbocycles. The maximum absolute atomic E-state index is 14.0. The van der Waals surface area contributed by atoms with Crippen LogP contribution in [0.5, 0.6) is 5.75 Å². The van der Waals surface area contributed by atoms with E-state index in [1.807, 2.05) is 0 Å². The van der Waals surface area contributed by atoms with Gasteiger partial charge in [0.05, 0.1) is 18.4 Å². The summed E-state index contributed by atoms with van der Waals surface area (Å²) in [6.45, 7) is 0.385. The van der Waals surface area contributed by atoms with Crippen LogP contribution in [0, 0.1) is 11.6 Å². The number of imidazole rings is 1. The largest absolute Gasteiger partial charge is 0.503 e. The summed E-state index contributed by atoms with van der Waals surface area (Å²) in [5.74, 6) is -1.44. The molecule has 7 nitrogen and oxygen atoms in total. The van der Waals surface area contributed by atoms with Gasteiger partial charge in [0.15, 0.2) is 11.6 Å². The van der Waals surface area contributed by atoms with E-state index in [0.717, 1.165) is 12.4 Å². The van der Waals surface area contributed by atoms with Crippen LogP contribution >= 0.6 is 0 Å². The van der Waals surface area contributed by atoms with Crippen LogP contribution in [0.3, 0.4) is 0 Å². The molecule has 0 aliphatic carbocycles. The van der Waals surface area contributed by atoms with E-state index in [4.69, 9.17) is 0 Å². The Labute approximate surface area is 168 Å². The Bertz CT molecular complexity index is 1300. The van der Waals surface area contributed by atoms with Crippen LogP contribution in [-0.2, 0) is 6.54 Å². The summed E-state index contributed by atoms with van der Waals surface area (Å²) in [6, 6.07) is 6.80. The van der Waals surface area contributed by atoms with Crippen molar-refractivity contribution in [1.29, 1.82) is 0 Å². The number of fused-ring (bicyclic) bond motifs is 3. The summed E-state index contributed by atoms with van der Waals surface area (Å²) < 4.78 is 30.9. The lowest BCUT2D eigenvalue weighted by molar-refractivity contribution is 0.330. The quantitative estimate of drug-likeness (QED) is 0.565. The fourth-order valence-electron chi connectivity index (χ4n) is 4.02. The third-order valence-electron chi connectivity index (χ3n) is 5.31. The van der Waals surface area contributed by atoms with E-state index in [-0.39, 0.29) is 5.69 Å². The Kier molecular flexibility index (Phi) is 4.16. The number of nitrogens with zero attached hydrogens (tertiary/aromatic N) is 5. The fourth-order valence-corrected chi connectivity index (χ4v) is 4.02. The molecule has 0 spiro atoms. The average Bonchev–Trinajstić information content (AvgIpc) is 3.20. The smallest absolute Gasteiger partial charge is 0.242 e. The second kappa shape index (κ2) is 6.87. The van der Waals surface area contributed by atoms with Crippen molar-refractivity contribution in [1.82, 2.24) is 24.3 Å². The number of aromatic nitrogens is 5. The van der Waals surface area contributed by atoms with Crippen LogP contribution in [-0.4, -0.2) is 29.4 Å². The predicted molar refractivity (Wildman–Crippen MR) is 103 cm³/mol. The molecule has 0 radical (unpaired) electrons. The molecule has 150 valence electrons. The zero-order valence-electron chi connectivity index (χ0n) is 15.5. The van der Waals surface area contributed by atoms with Crippen molar-refractivity contribution in [3.63, 3.8) is 0 Å². The maximum Gasteiger partial charge on any atom is 0.242 e. The van der Waals surface area contributed by atoms with Gasteiger partial charge in [-0.25, -0.2) is 13.8 Å². The molecule has 1 N–H and O–H groups in total. The van der Waals surface area contributed by atoms with Gasteiger partial charge in [0.25, 0.3) is 0 Å². The lowest BCUT2D eigenvalue weighted by Crippen LogP contribution is -2.32. The Balaban J connectivity index is 1.76. The second-order valence-corrected chi connectivity index (χ2v) is 7.09. The highest BCUT2D eigenvalue weighted by Gasteiger charge is 2.35. The van der Waals surface area contributed by atoms with E-state index in [1.54, 1.807) is 35.3 Å². The van der Waals surface area contributed by atoms with E-state index in [9.17, 15) is 18.7 Å². The first-order valence-electron chi connectivity index (χ1n) is 9.21. The first kappa shape index (κ1) is 18.2.